The van der Waals surface area contributed by atoms with E-state index in [9.17, 15) is 5.11 Å². The molecule has 0 aromatic rings. The Kier molecular flexibility index (Phi) is 4.23. The van der Waals surface area contributed by atoms with Gasteiger partial charge < -0.3 is 5.11 Å². The van der Waals surface area contributed by atoms with Crippen molar-refractivity contribution < 1.29 is 5.11 Å². The first kappa shape index (κ1) is 18.1. The van der Waals surface area contributed by atoms with E-state index in [0.29, 0.717) is 22.2 Å². The molecule has 8 atom stereocenters. The third-order valence-corrected chi connectivity index (χ3v) is 10.3. The molecule has 0 radical (unpaired) electrons. The summed E-state index contributed by atoms with van der Waals surface area (Å²) in [6.07, 6.45) is 13.3. The molecule has 0 aromatic heterocycles. The molecule has 0 aromatic carbocycles. The van der Waals surface area contributed by atoms with E-state index in [1.54, 1.807) is 0 Å². The number of hydrogen-bond donors (Lipinski definition) is 1. The first-order chi connectivity index (χ1) is 11.8. The van der Waals surface area contributed by atoms with Crippen molar-refractivity contribution in [2.24, 2.45) is 39.9 Å². The second-order valence-corrected chi connectivity index (χ2v) is 10.9. The highest BCUT2D eigenvalue weighted by Gasteiger charge is 2.63. The lowest BCUT2D eigenvalue weighted by Gasteiger charge is -2.65. The van der Waals surface area contributed by atoms with Crippen molar-refractivity contribution in [2.45, 2.75) is 98.0 Å². The standard InChI is InChI=1S/C24H40O/c1-6-24-14-11-20-18(21(24)8-7-19(24)17(3)25)10-12-22(4)15-16(2)9-13-23(20,22)5/h17-21,25H,2,6-15H2,1,3-5H3. The third kappa shape index (κ3) is 2.30. The van der Waals surface area contributed by atoms with Crippen molar-refractivity contribution in [3.63, 3.8) is 0 Å². The SMILES string of the molecule is C=C1CCC2(C)C3CCC4(CC)C(C(C)O)CCC4C3CCC2(C)C1. The van der Waals surface area contributed by atoms with Crippen molar-refractivity contribution in [1.82, 2.24) is 0 Å². The molecular weight excluding hydrogens is 304 g/mol. The molecule has 25 heavy (non-hydrogen) atoms. The van der Waals surface area contributed by atoms with E-state index < -0.39 is 0 Å². The minimum Gasteiger partial charge on any atom is -0.393 e. The molecule has 0 bridgehead atoms. The summed E-state index contributed by atoms with van der Waals surface area (Å²) in [6, 6.07) is 0. The molecule has 4 aliphatic rings. The summed E-state index contributed by atoms with van der Waals surface area (Å²) in [7, 11) is 0. The van der Waals surface area contributed by atoms with Gasteiger partial charge in [0, 0.05) is 0 Å². The maximum atomic E-state index is 10.5. The molecule has 0 spiro atoms. The average Bonchev–Trinajstić information content (AvgIpc) is 2.96. The van der Waals surface area contributed by atoms with Crippen LogP contribution in [0.4, 0.5) is 0 Å². The molecule has 0 saturated heterocycles. The van der Waals surface area contributed by atoms with Gasteiger partial charge in [-0.2, -0.15) is 0 Å². The van der Waals surface area contributed by atoms with E-state index in [4.69, 9.17) is 0 Å². The van der Waals surface area contributed by atoms with Crippen LogP contribution in [0.25, 0.3) is 0 Å². The van der Waals surface area contributed by atoms with Gasteiger partial charge in [-0.15, -0.1) is 0 Å². The van der Waals surface area contributed by atoms with Gasteiger partial charge in [-0.25, -0.2) is 0 Å². The van der Waals surface area contributed by atoms with Gasteiger partial charge in [-0.3, -0.25) is 0 Å². The predicted octanol–water partition coefficient (Wildman–Crippen LogP) is 6.36. The van der Waals surface area contributed by atoms with E-state index in [1.165, 1.54) is 69.8 Å². The Morgan fingerprint density at radius 2 is 1.84 bits per heavy atom. The van der Waals surface area contributed by atoms with E-state index in [1.807, 2.05) is 0 Å². The fraction of sp³-hybridized carbons (Fsp3) is 0.917. The molecule has 4 fully saturated rings. The Balaban J connectivity index is 1.67. The zero-order chi connectivity index (χ0) is 18.0. The first-order valence-corrected chi connectivity index (χ1v) is 11.1. The molecule has 0 amide bonds. The van der Waals surface area contributed by atoms with E-state index in [0.717, 1.165) is 17.8 Å². The number of aliphatic hydroxyl groups is 1. The topological polar surface area (TPSA) is 20.2 Å². The number of aliphatic hydroxyl groups excluding tert-OH is 1. The summed E-state index contributed by atoms with van der Waals surface area (Å²) in [5.41, 5.74) is 2.95. The zero-order valence-electron chi connectivity index (χ0n) is 17.1. The Morgan fingerprint density at radius 1 is 1.08 bits per heavy atom. The molecule has 0 heterocycles. The normalized spacial score (nSPS) is 53.7. The molecular formula is C24H40O. The van der Waals surface area contributed by atoms with Gasteiger partial charge in [-0.05, 0) is 111 Å². The van der Waals surface area contributed by atoms with Crippen molar-refractivity contribution in [1.29, 1.82) is 0 Å². The van der Waals surface area contributed by atoms with E-state index in [2.05, 4.69) is 34.3 Å². The Morgan fingerprint density at radius 3 is 2.52 bits per heavy atom. The fourth-order valence-corrected chi connectivity index (χ4v) is 8.83. The second kappa shape index (κ2) is 5.85. The van der Waals surface area contributed by atoms with E-state index in [-0.39, 0.29) is 6.10 Å². The summed E-state index contributed by atoms with van der Waals surface area (Å²) in [6.45, 7) is 14.1. The van der Waals surface area contributed by atoms with E-state index >= 15 is 0 Å². The lowest BCUT2D eigenvalue weighted by Crippen LogP contribution is -2.57. The van der Waals surface area contributed by atoms with Crippen molar-refractivity contribution in [3.05, 3.63) is 12.2 Å². The Labute approximate surface area is 155 Å². The maximum absolute atomic E-state index is 10.5. The van der Waals surface area contributed by atoms with Crippen LogP contribution in [-0.4, -0.2) is 11.2 Å². The summed E-state index contributed by atoms with van der Waals surface area (Å²) >= 11 is 0. The first-order valence-electron chi connectivity index (χ1n) is 11.1. The van der Waals surface area contributed by atoms with Crippen LogP contribution in [0.15, 0.2) is 12.2 Å². The maximum Gasteiger partial charge on any atom is 0.0545 e. The quantitative estimate of drug-likeness (QED) is 0.578. The molecule has 1 heteroatoms. The minimum absolute atomic E-state index is 0.121. The van der Waals surface area contributed by atoms with Crippen LogP contribution < -0.4 is 0 Å². The summed E-state index contributed by atoms with van der Waals surface area (Å²) < 4.78 is 0. The zero-order valence-corrected chi connectivity index (χ0v) is 17.1. The number of allylic oxidation sites excluding steroid dienone is 1. The van der Waals surface area contributed by atoms with Gasteiger partial charge in [-0.1, -0.05) is 32.9 Å². The monoisotopic (exact) mass is 344 g/mol. The lowest BCUT2D eigenvalue weighted by molar-refractivity contribution is -0.153. The predicted molar refractivity (Wildman–Crippen MR) is 105 cm³/mol. The summed E-state index contributed by atoms with van der Waals surface area (Å²) in [5.74, 6) is 3.26. The molecule has 4 aliphatic carbocycles. The molecule has 0 aliphatic heterocycles. The highest BCUT2D eigenvalue weighted by Crippen LogP contribution is 2.71. The molecule has 142 valence electrons. The van der Waals surface area contributed by atoms with Gasteiger partial charge in [0.2, 0.25) is 0 Å². The van der Waals surface area contributed by atoms with Crippen molar-refractivity contribution in [3.8, 4) is 0 Å². The van der Waals surface area contributed by atoms with Crippen LogP contribution in [0.3, 0.4) is 0 Å². The van der Waals surface area contributed by atoms with Gasteiger partial charge in [0.1, 0.15) is 0 Å². The van der Waals surface area contributed by atoms with Crippen LogP contribution in [0.2, 0.25) is 0 Å². The van der Waals surface area contributed by atoms with Crippen LogP contribution in [0.5, 0.6) is 0 Å². The van der Waals surface area contributed by atoms with Crippen LogP contribution in [0.1, 0.15) is 91.9 Å². The van der Waals surface area contributed by atoms with Gasteiger partial charge in [0.15, 0.2) is 0 Å². The largest absolute Gasteiger partial charge is 0.393 e. The molecule has 4 saturated carbocycles. The molecule has 1 N–H and O–H groups in total. The van der Waals surface area contributed by atoms with Gasteiger partial charge >= 0.3 is 0 Å². The second-order valence-electron chi connectivity index (χ2n) is 10.9. The van der Waals surface area contributed by atoms with Crippen LogP contribution in [-0.2, 0) is 0 Å². The fourth-order valence-electron chi connectivity index (χ4n) is 8.83. The number of rotatable bonds is 2. The van der Waals surface area contributed by atoms with Gasteiger partial charge in [0.05, 0.1) is 6.10 Å². The minimum atomic E-state index is -0.121. The molecule has 4 rings (SSSR count). The summed E-state index contributed by atoms with van der Waals surface area (Å²) in [5, 5.41) is 10.5. The van der Waals surface area contributed by atoms with Crippen molar-refractivity contribution in [2.75, 3.05) is 0 Å². The summed E-state index contributed by atoms with van der Waals surface area (Å²) in [4.78, 5) is 0. The molecule has 8 unspecified atom stereocenters. The van der Waals surface area contributed by atoms with Crippen molar-refractivity contribution >= 4 is 0 Å². The highest BCUT2D eigenvalue weighted by molar-refractivity contribution is 5.17. The smallest absolute Gasteiger partial charge is 0.0545 e. The number of hydrogen-bond acceptors (Lipinski definition) is 1. The van der Waals surface area contributed by atoms with Gasteiger partial charge in [0.25, 0.3) is 0 Å². The third-order valence-electron chi connectivity index (χ3n) is 10.3. The van der Waals surface area contributed by atoms with Crippen LogP contribution in [0, 0.1) is 39.9 Å². The Hall–Kier alpha value is -0.300. The number of fused-ring (bicyclic) bond motifs is 5. The average molecular weight is 345 g/mol. The lowest BCUT2D eigenvalue weighted by atomic mass is 9.40. The Bertz CT molecular complexity index is 550. The molecule has 1 nitrogen and oxygen atoms in total. The highest BCUT2D eigenvalue weighted by atomic mass is 16.3. The van der Waals surface area contributed by atoms with Crippen LogP contribution >= 0.6 is 0 Å².